The first-order valence-electron chi connectivity index (χ1n) is 3.91. The molecule has 0 saturated heterocycles. The van der Waals surface area contributed by atoms with Crippen LogP contribution in [-0.4, -0.2) is 9.97 Å². The van der Waals surface area contributed by atoms with Crippen LogP contribution in [0.4, 0.5) is 5.95 Å². The Morgan fingerprint density at radius 1 is 1.38 bits per heavy atom. The Hall–Kier alpha value is -1.42. The van der Waals surface area contributed by atoms with Gasteiger partial charge in [0, 0.05) is 5.69 Å². The molecule has 13 heavy (non-hydrogen) atoms. The molecule has 2 rings (SSSR count). The fraction of sp³-hybridized carbons (Fsp3) is 0.111. The summed E-state index contributed by atoms with van der Waals surface area (Å²) in [5.41, 5.74) is 7.35. The van der Waals surface area contributed by atoms with Gasteiger partial charge in [0.25, 0.3) is 0 Å². The van der Waals surface area contributed by atoms with E-state index in [1.54, 1.807) is 11.3 Å². The van der Waals surface area contributed by atoms with E-state index in [4.69, 9.17) is 5.73 Å². The van der Waals surface area contributed by atoms with Gasteiger partial charge in [-0.2, -0.15) is 0 Å². The maximum absolute atomic E-state index is 5.55. The normalized spacial score (nSPS) is 10.2. The van der Waals surface area contributed by atoms with Gasteiger partial charge in [-0.05, 0) is 24.4 Å². The zero-order valence-corrected chi connectivity index (χ0v) is 8.01. The summed E-state index contributed by atoms with van der Waals surface area (Å²) < 4.78 is 0. The Kier molecular flexibility index (Phi) is 1.98. The average molecular weight is 191 g/mol. The molecule has 66 valence electrons. The van der Waals surface area contributed by atoms with Gasteiger partial charge >= 0.3 is 0 Å². The third-order valence-electron chi connectivity index (χ3n) is 1.65. The number of hydrogen-bond donors (Lipinski definition) is 1. The summed E-state index contributed by atoms with van der Waals surface area (Å²) in [5, 5.41) is 2.02. The molecule has 0 amide bonds. The van der Waals surface area contributed by atoms with Gasteiger partial charge in [-0.25, -0.2) is 9.97 Å². The Morgan fingerprint density at radius 3 is 2.85 bits per heavy atom. The van der Waals surface area contributed by atoms with Crippen molar-refractivity contribution in [3.63, 3.8) is 0 Å². The number of aryl methyl sites for hydroxylation is 1. The molecule has 0 bridgehead atoms. The molecule has 0 aliphatic rings. The fourth-order valence-electron chi connectivity index (χ4n) is 1.14. The number of hydrogen-bond acceptors (Lipinski definition) is 4. The molecule has 0 radical (unpaired) electrons. The quantitative estimate of drug-likeness (QED) is 0.751. The lowest BCUT2D eigenvalue weighted by Gasteiger charge is -1.99. The van der Waals surface area contributed by atoms with Gasteiger partial charge in [0.2, 0.25) is 5.95 Å². The van der Waals surface area contributed by atoms with Gasteiger partial charge in [0.15, 0.2) is 0 Å². The molecule has 0 aliphatic carbocycles. The summed E-state index contributed by atoms with van der Waals surface area (Å²) in [6, 6.07) is 5.95. The van der Waals surface area contributed by atoms with E-state index in [1.165, 1.54) is 0 Å². The standard InChI is InChI=1S/C9H9N3S/c1-6-5-7(12-9(10)11-6)8-3-2-4-13-8/h2-5H,1H3,(H2,10,11,12). The highest BCUT2D eigenvalue weighted by Crippen LogP contribution is 2.23. The Morgan fingerprint density at radius 2 is 2.23 bits per heavy atom. The number of rotatable bonds is 1. The second kappa shape index (κ2) is 3.14. The largest absolute Gasteiger partial charge is 0.368 e. The van der Waals surface area contributed by atoms with E-state index in [0.717, 1.165) is 16.3 Å². The number of aromatic nitrogens is 2. The van der Waals surface area contributed by atoms with Crippen LogP contribution in [0, 0.1) is 6.92 Å². The maximum Gasteiger partial charge on any atom is 0.220 e. The van der Waals surface area contributed by atoms with Crippen LogP contribution in [-0.2, 0) is 0 Å². The summed E-state index contributed by atoms with van der Waals surface area (Å²) in [4.78, 5) is 9.29. The number of nitrogens with two attached hydrogens (primary N) is 1. The Labute approximate surface area is 80.3 Å². The second-order valence-electron chi connectivity index (χ2n) is 2.73. The maximum atomic E-state index is 5.55. The summed E-state index contributed by atoms with van der Waals surface area (Å²) in [6.45, 7) is 1.91. The number of thiophene rings is 1. The minimum Gasteiger partial charge on any atom is -0.368 e. The summed E-state index contributed by atoms with van der Waals surface area (Å²) in [5.74, 6) is 0.336. The highest BCUT2D eigenvalue weighted by molar-refractivity contribution is 7.13. The first-order chi connectivity index (χ1) is 6.25. The van der Waals surface area contributed by atoms with Crippen molar-refractivity contribution >= 4 is 17.3 Å². The molecular weight excluding hydrogens is 182 g/mol. The second-order valence-corrected chi connectivity index (χ2v) is 3.68. The predicted octanol–water partition coefficient (Wildman–Crippen LogP) is 2.10. The van der Waals surface area contributed by atoms with Crippen molar-refractivity contribution in [3.8, 4) is 10.6 Å². The first-order valence-corrected chi connectivity index (χ1v) is 4.79. The van der Waals surface area contributed by atoms with Gasteiger partial charge in [-0.1, -0.05) is 6.07 Å². The number of anilines is 1. The lowest BCUT2D eigenvalue weighted by atomic mass is 10.3. The lowest BCUT2D eigenvalue weighted by Crippen LogP contribution is -1.97. The molecule has 0 unspecified atom stereocenters. The van der Waals surface area contributed by atoms with Crippen LogP contribution in [0.5, 0.6) is 0 Å². The van der Waals surface area contributed by atoms with Crippen molar-refractivity contribution < 1.29 is 0 Å². The highest BCUT2D eigenvalue weighted by Gasteiger charge is 2.02. The number of nitrogens with zero attached hydrogens (tertiary/aromatic N) is 2. The van der Waals surface area contributed by atoms with Crippen LogP contribution in [0.3, 0.4) is 0 Å². The molecule has 0 aliphatic heterocycles. The summed E-state index contributed by atoms with van der Waals surface area (Å²) in [7, 11) is 0. The molecule has 0 spiro atoms. The van der Waals surface area contributed by atoms with Crippen molar-refractivity contribution in [1.29, 1.82) is 0 Å². The fourth-order valence-corrected chi connectivity index (χ4v) is 1.83. The molecule has 2 aromatic rings. The monoisotopic (exact) mass is 191 g/mol. The molecule has 3 nitrogen and oxygen atoms in total. The zero-order valence-electron chi connectivity index (χ0n) is 7.19. The van der Waals surface area contributed by atoms with Crippen LogP contribution in [0.1, 0.15) is 5.69 Å². The highest BCUT2D eigenvalue weighted by atomic mass is 32.1. The third kappa shape index (κ3) is 1.67. The molecule has 0 fully saturated rings. The molecule has 2 heterocycles. The molecule has 0 aromatic carbocycles. The van der Waals surface area contributed by atoms with Crippen LogP contribution >= 0.6 is 11.3 Å². The first kappa shape index (κ1) is 8.19. The van der Waals surface area contributed by atoms with E-state index in [1.807, 2.05) is 30.5 Å². The van der Waals surface area contributed by atoms with Gasteiger partial charge in [0.1, 0.15) is 0 Å². The van der Waals surface area contributed by atoms with E-state index in [-0.39, 0.29) is 0 Å². The Bertz CT molecular complexity index is 389. The van der Waals surface area contributed by atoms with E-state index in [2.05, 4.69) is 9.97 Å². The smallest absolute Gasteiger partial charge is 0.220 e. The van der Waals surface area contributed by atoms with E-state index in [0.29, 0.717) is 5.95 Å². The van der Waals surface area contributed by atoms with Crippen LogP contribution in [0.2, 0.25) is 0 Å². The predicted molar refractivity (Wildman–Crippen MR) is 54.5 cm³/mol. The zero-order chi connectivity index (χ0) is 9.26. The molecule has 4 heteroatoms. The van der Waals surface area contributed by atoms with Crippen molar-refractivity contribution in [2.45, 2.75) is 6.92 Å². The van der Waals surface area contributed by atoms with Gasteiger partial charge in [-0.3, -0.25) is 0 Å². The molecular formula is C9H9N3S. The van der Waals surface area contributed by atoms with Crippen molar-refractivity contribution in [2.24, 2.45) is 0 Å². The van der Waals surface area contributed by atoms with Crippen LogP contribution < -0.4 is 5.73 Å². The van der Waals surface area contributed by atoms with Crippen molar-refractivity contribution in [1.82, 2.24) is 9.97 Å². The van der Waals surface area contributed by atoms with Gasteiger partial charge in [0.05, 0.1) is 10.6 Å². The van der Waals surface area contributed by atoms with Crippen LogP contribution in [0.25, 0.3) is 10.6 Å². The topological polar surface area (TPSA) is 51.8 Å². The minimum atomic E-state index is 0.336. The molecule has 0 atom stereocenters. The number of nitrogen functional groups attached to an aromatic ring is 1. The molecule has 2 N–H and O–H groups in total. The summed E-state index contributed by atoms with van der Waals surface area (Å²) >= 11 is 1.65. The average Bonchev–Trinajstić information content (AvgIpc) is 2.53. The third-order valence-corrected chi connectivity index (χ3v) is 2.54. The van der Waals surface area contributed by atoms with Gasteiger partial charge < -0.3 is 5.73 Å². The van der Waals surface area contributed by atoms with E-state index in [9.17, 15) is 0 Å². The molecule has 2 aromatic heterocycles. The van der Waals surface area contributed by atoms with E-state index >= 15 is 0 Å². The SMILES string of the molecule is Cc1cc(-c2cccs2)nc(N)n1. The van der Waals surface area contributed by atoms with Crippen LogP contribution in [0.15, 0.2) is 23.6 Å². The van der Waals surface area contributed by atoms with Crippen molar-refractivity contribution in [3.05, 3.63) is 29.3 Å². The minimum absolute atomic E-state index is 0.336. The van der Waals surface area contributed by atoms with E-state index < -0.39 is 0 Å². The lowest BCUT2D eigenvalue weighted by molar-refractivity contribution is 1.13. The van der Waals surface area contributed by atoms with Gasteiger partial charge in [-0.15, -0.1) is 11.3 Å². The Balaban J connectivity index is 2.53. The summed E-state index contributed by atoms with van der Waals surface area (Å²) in [6.07, 6.45) is 0. The van der Waals surface area contributed by atoms with Crippen molar-refractivity contribution in [2.75, 3.05) is 5.73 Å². The molecule has 0 saturated carbocycles.